The van der Waals surface area contributed by atoms with Crippen LogP contribution in [0.1, 0.15) is 24.1 Å². The molecule has 1 amide bonds. The minimum Gasteiger partial charge on any atom is -0.494 e. The first-order valence-electron chi connectivity index (χ1n) is 11.3. The fourth-order valence-corrected chi connectivity index (χ4v) is 5.47. The number of pyridine rings is 1. The van der Waals surface area contributed by atoms with Gasteiger partial charge in [-0.1, -0.05) is 31.2 Å². The second-order valence-electron chi connectivity index (χ2n) is 10.2. The van der Waals surface area contributed by atoms with Crippen molar-refractivity contribution >= 4 is 42.2 Å². The van der Waals surface area contributed by atoms with E-state index >= 15 is 0 Å². The van der Waals surface area contributed by atoms with E-state index in [4.69, 9.17) is 26.2 Å². The third-order valence-electron chi connectivity index (χ3n) is 6.67. The molecule has 1 saturated carbocycles. The number of ether oxygens (including phenoxy) is 2. The third kappa shape index (κ3) is 3.74. The summed E-state index contributed by atoms with van der Waals surface area (Å²) in [4.78, 5) is 19.4. The average Bonchev–Trinajstić information content (AvgIpc) is 3.46. The highest BCUT2D eigenvalue weighted by Crippen LogP contribution is 2.58. The van der Waals surface area contributed by atoms with Crippen LogP contribution in [0.5, 0.6) is 5.75 Å². The Hall–Kier alpha value is -2.42. The molecule has 1 fully saturated rings. The first kappa shape index (κ1) is 22.4. The van der Waals surface area contributed by atoms with E-state index in [0.717, 1.165) is 52.4 Å². The molecule has 33 heavy (non-hydrogen) atoms. The van der Waals surface area contributed by atoms with Crippen molar-refractivity contribution < 1.29 is 14.3 Å². The molecular formula is C24H29ClN4O3Si. The second-order valence-corrected chi connectivity index (χ2v) is 16.2. The lowest BCUT2D eigenvalue weighted by Crippen LogP contribution is -2.34. The highest BCUT2D eigenvalue weighted by molar-refractivity contribution is 6.76. The van der Waals surface area contributed by atoms with E-state index in [-0.39, 0.29) is 12.6 Å². The van der Waals surface area contributed by atoms with Gasteiger partial charge in [0.25, 0.3) is 0 Å². The Morgan fingerprint density at radius 2 is 1.94 bits per heavy atom. The van der Waals surface area contributed by atoms with Gasteiger partial charge in [-0.2, -0.15) is 5.10 Å². The summed E-state index contributed by atoms with van der Waals surface area (Å²) in [5.74, 6) is 0.766. The number of amides is 1. The van der Waals surface area contributed by atoms with Gasteiger partial charge in [-0.25, -0.2) is 9.67 Å². The number of carbonyl (C=O) groups is 1. The van der Waals surface area contributed by atoms with Gasteiger partial charge in [0, 0.05) is 38.4 Å². The standard InChI is InChI=1S/C24H29ClN4O3Si/c1-15-16-13-26-22(25)12-18(16)29(27-15)20-10-17-19(11-21(20)31-2)28(23(30)24(17)6-7-24)14-32-8-9-33(3,4)5/h10-13H,6-9,14H2,1-5H3. The molecule has 5 rings (SSSR count). The predicted molar refractivity (Wildman–Crippen MR) is 133 cm³/mol. The van der Waals surface area contributed by atoms with Gasteiger partial charge in [0.05, 0.1) is 29.4 Å². The number of carbonyl (C=O) groups excluding carboxylic acids is 1. The van der Waals surface area contributed by atoms with E-state index in [1.54, 1.807) is 24.3 Å². The van der Waals surface area contributed by atoms with Crippen molar-refractivity contribution in [3.8, 4) is 11.4 Å². The summed E-state index contributed by atoms with van der Waals surface area (Å²) in [7, 11) is 0.441. The molecule has 0 N–H and O–H groups in total. The van der Waals surface area contributed by atoms with Crippen LogP contribution < -0.4 is 9.64 Å². The number of anilines is 1. The van der Waals surface area contributed by atoms with Gasteiger partial charge in [-0.3, -0.25) is 9.69 Å². The molecule has 7 nitrogen and oxygen atoms in total. The van der Waals surface area contributed by atoms with Crippen molar-refractivity contribution in [3.63, 3.8) is 0 Å². The number of halogens is 1. The molecule has 0 atom stereocenters. The smallest absolute Gasteiger partial charge is 0.239 e. The Morgan fingerprint density at radius 3 is 2.61 bits per heavy atom. The molecule has 1 aliphatic heterocycles. The molecule has 0 bridgehead atoms. The van der Waals surface area contributed by atoms with Crippen molar-refractivity contribution in [2.45, 2.75) is 50.9 Å². The van der Waals surface area contributed by atoms with E-state index in [2.05, 4.69) is 30.7 Å². The maximum absolute atomic E-state index is 13.4. The van der Waals surface area contributed by atoms with Gasteiger partial charge >= 0.3 is 0 Å². The largest absolute Gasteiger partial charge is 0.494 e. The van der Waals surface area contributed by atoms with Crippen LogP contribution in [0.25, 0.3) is 16.6 Å². The van der Waals surface area contributed by atoms with Gasteiger partial charge < -0.3 is 9.47 Å². The maximum Gasteiger partial charge on any atom is 0.239 e. The van der Waals surface area contributed by atoms with Crippen molar-refractivity contribution in [1.82, 2.24) is 14.8 Å². The highest BCUT2D eigenvalue weighted by atomic mass is 35.5. The number of benzene rings is 1. The molecular weight excluding hydrogens is 456 g/mol. The minimum absolute atomic E-state index is 0.124. The molecule has 1 aliphatic carbocycles. The minimum atomic E-state index is -1.20. The summed E-state index contributed by atoms with van der Waals surface area (Å²) in [5.41, 5.74) is 3.95. The van der Waals surface area contributed by atoms with Crippen LogP contribution >= 0.6 is 11.6 Å². The van der Waals surface area contributed by atoms with E-state index in [1.807, 2.05) is 17.7 Å². The molecule has 1 spiro atoms. The van der Waals surface area contributed by atoms with Crippen LogP contribution in [0.15, 0.2) is 24.4 Å². The molecule has 2 aliphatic rings. The average molecular weight is 485 g/mol. The Kier molecular flexibility index (Phi) is 5.30. The van der Waals surface area contributed by atoms with Crippen LogP contribution in [-0.2, 0) is 14.9 Å². The normalized spacial score (nSPS) is 16.7. The summed E-state index contributed by atoms with van der Waals surface area (Å²) in [5, 5.41) is 6.07. The number of aryl methyl sites for hydroxylation is 1. The lowest BCUT2D eigenvalue weighted by atomic mass is 9.97. The first-order chi connectivity index (χ1) is 15.6. The quantitative estimate of drug-likeness (QED) is 0.265. The Morgan fingerprint density at radius 1 is 1.18 bits per heavy atom. The molecule has 0 unspecified atom stereocenters. The van der Waals surface area contributed by atoms with Gasteiger partial charge in [0.2, 0.25) is 5.91 Å². The van der Waals surface area contributed by atoms with Crippen molar-refractivity contribution in [1.29, 1.82) is 0 Å². The number of methoxy groups -OCH3 is 1. The molecule has 3 heterocycles. The Balaban J connectivity index is 1.56. The van der Waals surface area contributed by atoms with E-state index in [9.17, 15) is 4.79 Å². The molecule has 2 aromatic heterocycles. The zero-order chi connectivity index (χ0) is 23.5. The Bertz CT molecular complexity index is 1260. The maximum atomic E-state index is 13.4. The fraction of sp³-hybridized carbons (Fsp3) is 0.458. The third-order valence-corrected chi connectivity index (χ3v) is 8.58. The van der Waals surface area contributed by atoms with Crippen LogP contribution in [0, 0.1) is 6.92 Å². The number of aromatic nitrogens is 3. The Labute approximate surface area is 199 Å². The zero-order valence-electron chi connectivity index (χ0n) is 19.7. The van der Waals surface area contributed by atoms with Crippen molar-refractivity contribution in [2.24, 2.45) is 0 Å². The number of rotatable bonds is 7. The van der Waals surface area contributed by atoms with Crippen molar-refractivity contribution in [3.05, 3.63) is 40.8 Å². The summed E-state index contributed by atoms with van der Waals surface area (Å²) >= 11 is 6.19. The predicted octanol–water partition coefficient (Wildman–Crippen LogP) is 5.08. The van der Waals surface area contributed by atoms with E-state index in [0.29, 0.717) is 17.5 Å². The lowest BCUT2D eigenvalue weighted by Gasteiger charge is -2.21. The number of hydrogen-bond acceptors (Lipinski definition) is 5. The molecule has 9 heteroatoms. The lowest BCUT2D eigenvalue weighted by molar-refractivity contribution is -0.121. The SMILES string of the molecule is COc1cc2c(cc1-n1nc(C)c3cnc(Cl)cc31)C1(CC1)C(=O)N2COCC[Si](C)(C)C. The van der Waals surface area contributed by atoms with Crippen LogP contribution in [0.4, 0.5) is 5.69 Å². The summed E-state index contributed by atoms with van der Waals surface area (Å²) in [6.45, 7) is 9.85. The number of nitrogens with zero attached hydrogens (tertiary/aromatic N) is 4. The molecule has 3 aromatic rings. The first-order valence-corrected chi connectivity index (χ1v) is 15.4. The number of hydrogen-bond donors (Lipinski definition) is 0. The highest BCUT2D eigenvalue weighted by Gasteiger charge is 2.59. The fourth-order valence-electron chi connectivity index (χ4n) is 4.56. The summed E-state index contributed by atoms with van der Waals surface area (Å²) in [6.07, 6.45) is 3.44. The number of fused-ring (bicyclic) bond motifs is 3. The van der Waals surface area contributed by atoms with Gasteiger partial charge in [0.1, 0.15) is 23.3 Å². The van der Waals surface area contributed by atoms with E-state index in [1.165, 1.54) is 0 Å². The monoisotopic (exact) mass is 484 g/mol. The summed E-state index contributed by atoms with van der Waals surface area (Å²) in [6, 6.07) is 6.88. The van der Waals surface area contributed by atoms with Crippen LogP contribution in [0.2, 0.25) is 30.8 Å². The summed E-state index contributed by atoms with van der Waals surface area (Å²) < 4.78 is 13.6. The van der Waals surface area contributed by atoms with Gasteiger partial charge in [-0.15, -0.1) is 0 Å². The van der Waals surface area contributed by atoms with Gasteiger partial charge in [-0.05, 0) is 37.4 Å². The van der Waals surface area contributed by atoms with Crippen molar-refractivity contribution in [2.75, 3.05) is 25.3 Å². The van der Waals surface area contributed by atoms with Gasteiger partial charge in [0.15, 0.2) is 0 Å². The molecule has 0 saturated heterocycles. The van der Waals surface area contributed by atoms with E-state index < -0.39 is 13.5 Å². The molecule has 1 aromatic carbocycles. The van der Waals surface area contributed by atoms with Crippen LogP contribution in [0.3, 0.4) is 0 Å². The van der Waals surface area contributed by atoms with Crippen LogP contribution in [-0.4, -0.2) is 49.2 Å². The molecule has 174 valence electrons. The molecule has 0 radical (unpaired) electrons. The zero-order valence-corrected chi connectivity index (χ0v) is 21.5. The second kappa shape index (κ2) is 7.82. The topological polar surface area (TPSA) is 69.5 Å².